The van der Waals surface area contributed by atoms with Gasteiger partial charge in [0.1, 0.15) is 5.82 Å². The normalized spacial score (nSPS) is 12.1. The minimum absolute atomic E-state index is 0.00797. The maximum absolute atomic E-state index is 9.02. The van der Waals surface area contributed by atoms with Crippen LogP contribution in [0.25, 0.3) is 10.9 Å². The first-order chi connectivity index (χ1) is 9.69. The number of nitrogens with zero attached hydrogens (tertiary/aromatic N) is 3. The van der Waals surface area contributed by atoms with E-state index in [0.717, 1.165) is 34.2 Å². The molecule has 1 heterocycles. The molecule has 0 aliphatic carbocycles. The van der Waals surface area contributed by atoms with Gasteiger partial charge in [-0.15, -0.1) is 0 Å². The molecule has 0 N–H and O–H groups in total. The van der Waals surface area contributed by atoms with Gasteiger partial charge in [-0.25, -0.2) is 4.98 Å². The number of fused-ring (bicyclic) bond motifs is 1. The molecular formula is C16H18BrN3. The van der Waals surface area contributed by atoms with Crippen molar-refractivity contribution in [2.75, 3.05) is 18.0 Å². The molecular weight excluding hydrogens is 314 g/mol. The van der Waals surface area contributed by atoms with Crippen LogP contribution in [-0.4, -0.2) is 18.1 Å². The maximum atomic E-state index is 9.02. The van der Waals surface area contributed by atoms with Crippen molar-refractivity contribution in [3.05, 3.63) is 35.9 Å². The van der Waals surface area contributed by atoms with Gasteiger partial charge in [-0.2, -0.15) is 5.26 Å². The quantitative estimate of drug-likeness (QED) is 0.774. The van der Waals surface area contributed by atoms with E-state index in [-0.39, 0.29) is 5.92 Å². The average molecular weight is 332 g/mol. The first-order valence-corrected chi connectivity index (χ1v) is 7.91. The fraction of sp³-hybridized carbons (Fsp3) is 0.375. The molecule has 1 atom stereocenters. The number of halogens is 1. The first kappa shape index (κ1) is 14.8. The van der Waals surface area contributed by atoms with Gasteiger partial charge in [-0.05, 0) is 26.0 Å². The van der Waals surface area contributed by atoms with Crippen LogP contribution in [0.2, 0.25) is 0 Å². The van der Waals surface area contributed by atoms with Crippen LogP contribution >= 0.6 is 15.9 Å². The van der Waals surface area contributed by atoms with E-state index in [2.05, 4.69) is 46.0 Å². The van der Waals surface area contributed by atoms with Crippen LogP contribution in [-0.2, 0) is 5.33 Å². The Labute approximate surface area is 128 Å². The molecule has 0 aliphatic heterocycles. The number of rotatable bonds is 5. The second-order valence-corrected chi connectivity index (χ2v) is 5.43. The zero-order valence-corrected chi connectivity index (χ0v) is 13.4. The maximum Gasteiger partial charge on any atom is 0.133 e. The van der Waals surface area contributed by atoms with Crippen molar-refractivity contribution in [1.29, 1.82) is 5.26 Å². The van der Waals surface area contributed by atoms with E-state index < -0.39 is 0 Å². The Morgan fingerprint density at radius 2 is 2.15 bits per heavy atom. The molecule has 1 aromatic carbocycles. The van der Waals surface area contributed by atoms with Crippen molar-refractivity contribution in [2.24, 2.45) is 5.92 Å². The second kappa shape index (κ2) is 6.71. The first-order valence-electron chi connectivity index (χ1n) is 6.78. The van der Waals surface area contributed by atoms with Crippen LogP contribution in [0.15, 0.2) is 30.3 Å². The van der Waals surface area contributed by atoms with Gasteiger partial charge in [-0.3, -0.25) is 0 Å². The van der Waals surface area contributed by atoms with E-state index in [9.17, 15) is 0 Å². The largest absolute Gasteiger partial charge is 0.355 e. The van der Waals surface area contributed by atoms with Crippen molar-refractivity contribution in [3.63, 3.8) is 0 Å². The molecule has 0 aliphatic rings. The van der Waals surface area contributed by atoms with Crippen molar-refractivity contribution in [2.45, 2.75) is 19.2 Å². The van der Waals surface area contributed by atoms with E-state index in [1.807, 2.05) is 25.1 Å². The third-order valence-electron chi connectivity index (χ3n) is 3.32. The highest BCUT2D eigenvalue weighted by Gasteiger charge is 2.15. The van der Waals surface area contributed by atoms with Crippen LogP contribution in [0.3, 0.4) is 0 Å². The van der Waals surface area contributed by atoms with Gasteiger partial charge in [0.15, 0.2) is 0 Å². The minimum Gasteiger partial charge on any atom is -0.355 e. The fourth-order valence-corrected chi connectivity index (χ4v) is 2.67. The Hall–Kier alpha value is -1.60. The molecule has 0 saturated carbocycles. The summed E-state index contributed by atoms with van der Waals surface area (Å²) in [4.78, 5) is 6.97. The van der Waals surface area contributed by atoms with E-state index in [1.54, 1.807) is 0 Å². The lowest BCUT2D eigenvalue weighted by Gasteiger charge is -2.25. The van der Waals surface area contributed by atoms with Crippen LogP contribution in [0.5, 0.6) is 0 Å². The Morgan fingerprint density at radius 1 is 1.40 bits per heavy atom. The predicted molar refractivity (Wildman–Crippen MR) is 87.0 cm³/mol. The third-order valence-corrected chi connectivity index (χ3v) is 3.92. The Morgan fingerprint density at radius 3 is 2.80 bits per heavy atom. The summed E-state index contributed by atoms with van der Waals surface area (Å²) >= 11 is 3.54. The number of aromatic nitrogens is 1. The van der Waals surface area contributed by atoms with Gasteiger partial charge in [0, 0.05) is 29.4 Å². The van der Waals surface area contributed by atoms with Crippen molar-refractivity contribution < 1.29 is 0 Å². The number of benzene rings is 1. The van der Waals surface area contributed by atoms with Crippen molar-refractivity contribution in [1.82, 2.24) is 4.98 Å². The van der Waals surface area contributed by atoms with Gasteiger partial charge in [0.05, 0.1) is 17.5 Å². The smallest absolute Gasteiger partial charge is 0.133 e. The van der Waals surface area contributed by atoms with Gasteiger partial charge in [0.25, 0.3) is 0 Å². The zero-order valence-electron chi connectivity index (χ0n) is 11.8. The molecule has 20 heavy (non-hydrogen) atoms. The summed E-state index contributed by atoms with van der Waals surface area (Å²) in [6, 6.07) is 12.6. The number of hydrogen-bond acceptors (Lipinski definition) is 3. The summed E-state index contributed by atoms with van der Waals surface area (Å²) < 4.78 is 0. The monoisotopic (exact) mass is 331 g/mol. The molecule has 1 aromatic heterocycles. The molecule has 0 bridgehead atoms. The molecule has 104 valence electrons. The van der Waals surface area contributed by atoms with E-state index in [0.29, 0.717) is 6.54 Å². The lowest BCUT2D eigenvalue weighted by Crippen LogP contribution is -2.29. The lowest BCUT2D eigenvalue weighted by molar-refractivity contribution is 0.679. The molecule has 0 fully saturated rings. The van der Waals surface area contributed by atoms with Crippen molar-refractivity contribution in [3.8, 4) is 6.07 Å². The van der Waals surface area contributed by atoms with E-state index in [4.69, 9.17) is 10.2 Å². The second-order valence-electron chi connectivity index (χ2n) is 4.87. The number of nitriles is 1. The lowest BCUT2D eigenvalue weighted by atomic mass is 10.1. The molecule has 2 aromatic rings. The highest BCUT2D eigenvalue weighted by Crippen LogP contribution is 2.26. The Kier molecular flexibility index (Phi) is 4.97. The number of alkyl halides is 1. The summed E-state index contributed by atoms with van der Waals surface area (Å²) in [5.41, 5.74) is 2.16. The Balaban J connectivity index is 2.47. The number of pyridine rings is 1. The van der Waals surface area contributed by atoms with Crippen molar-refractivity contribution >= 4 is 32.7 Å². The van der Waals surface area contributed by atoms with Gasteiger partial charge in [-0.1, -0.05) is 34.1 Å². The van der Waals surface area contributed by atoms with Gasteiger partial charge < -0.3 is 4.90 Å². The summed E-state index contributed by atoms with van der Waals surface area (Å²) in [5.74, 6) is 0.969. The molecule has 0 radical (unpaired) electrons. The highest BCUT2D eigenvalue weighted by atomic mass is 79.9. The van der Waals surface area contributed by atoms with E-state index >= 15 is 0 Å². The topological polar surface area (TPSA) is 39.9 Å². The standard InChI is InChI=1S/C16H18BrN3/c1-3-20(11-12(2)10-18)16-14(9-17)8-13-6-4-5-7-15(13)19-16/h4-8,12H,3,9,11H2,1-2H3. The number of para-hydroxylation sites is 1. The van der Waals surface area contributed by atoms with Gasteiger partial charge in [0.2, 0.25) is 0 Å². The number of hydrogen-bond donors (Lipinski definition) is 0. The van der Waals surface area contributed by atoms with Crippen LogP contribution in [0.1, 0.15) is 19.4 Å². The molecule has 3 nitrogen and oxygen atoms in total. The van der Waals surface area contributed by atoms with Crippen LogP contribution < -0.4 is 4.90 Å². The summed E-state index contributed by atoms with van der Waals surface area (Å²) in [6.45, 7) is 5.59. The van der Waals surface area contributed by atoms with E-state index in [1.165, 1.54) is 0 Å². The average Bonchev–Trinajstić information content (AvgIpc) is 2.50. The number of anilines is 1. The van der Waals surface area contributed by atoms with Crippen LogP contribution in [0.4, 0.5) is 5.82 Å². The molecule has 0 saturated heterocycles. The minimum atomic E-state index is -0.00797. The highest BCUT2D eigenvalue weighted by molar-refractivity contribution is 9.08. The molecule has 0 spiro atoms. The predicted octanol–water partition coefficient (Wildman–Crippen LogP) is 4.12. The molecule has 2 rings (SSSR count). The zero-order chi connectivity index (χ0) is 14.5. The SMILES string of the molecule is CCN(CC(C)C#N)c1nc2ccccc2cc1CBr. The third kappa shape index (κ3) is 3.10. The summed E-state index contributed by atoms with van der Waals surface area (Å²) in [5, 5.41) is 10.9. The van der Waals surface area contributed by atoms with Gasteiger partial charge >= 0.3 is 0 Å². The molecule has 1 unspecified atom stereocenters. The fourth-order valence-electron chi connectivity index (χ4n) is 2.26. The summed E-state index contributed by atoms with van der Waals surface area (Å²) in [7, 11) is 0. The molecule has 0 amide bonds. The summed E-state index contributed by atoms with van der Waals surface area (Å²) in [6.07, 6.45) is 0. The van der Waals surface area contributed by atoms with Crippen LogP contribution in [0, 0.1) is 17.2 Å². The molecule has 4 heteroatoms. The Bertz CT molecular complexity index is 633.